The van der Waals surface area contributed by atoms with E-state index in [1.54, 1.807) is 12.1 Å². The first-order valence-electron chi connectivity index (χ1n) is 4.73. The van der Waals surface area contributed by atoms with Gasteiger partial charge in [-0.25, -0.2) is 0 Å². The van der Waals surface area contributed by atoms with Crippen LogP contribution in [0.1, 0.15) is 18.4 Å². The zero-order valence-corrected chi connectivity index (χ0v) is 9.42. The Morgan fingerprint density at radius 3 is 2.64 bits per heavy atom. The van der Waals surface area contributed by atoms with Crippen molar-refractivity contribution in [2.75, 3.05) is 6.61 Å². The molecule has 0 saturated heterocycles. The molecule has 1 aliphatic carbocycles. The third-order valence-corrected chi connectivity index (χ3v) is 3.66. The first kappa shape index (κ1) is 9.99. The summed E-state index contributed by atoms with van der Waals surface area (Å²) in [6.07, 6.45) is 3.02. The number of benzene rings is 1. The minimum atomic E-state index is 0.0936. The van der Waals surface area contributed by atoms with E-state index in [2.05, 4.69) is 15.9 Å². The van der Waals surface area contributed by atoms with Gasteiger partial charge in [-0.15, -0.1) is 0 Å². The van der Waals surface area contributed by atoms with Crippen molar-refractivity contribution in [3.8, 4) is 5.75 Å². The van der Waals surface area contributed by atoms with Crippen LogP contribution in [-0.4, -0.2) is 16.8 Å². The van der Waals surface area contributed by atoms with Crippen molar-refractivity contribution in [3.05, 3.63) is 28.2 Å². The molecular formula is C11H13BrO2. The SMILES string of the molecule is OCC1(Cc2cc(O)ccc2Br)CC1. The van der Waals surface area contributed by atoms with Crippen LogP contribution in [0.25, 0.3) is 0 Å². The quantitative estimate of drug-likeness (QED) is 0.873. The van der Waals surface area contributed by atoms with E-state index in [1.807, 2.05) is 6.07 Å². The Morgan fingerprint density at radius 1 is 1.36 bits per heavy atom. The molecule has 0 bridgehead atoms. The Balaban J connectivity index is 2.20. The van der Waals surface area contributed by atoms with E-state index < -0.39 is 0 Å². The van der Waals surface area contributed by atoms with Gasteiger partial charge >= 0.3 is 0 Å². The predicted molar refractivity (Wildman–Crippen MR) is 58.3 cm³/mol. The first-order valence-corrected chi connectivity index (χ1v) is 5.53. The molecule has 3 heteroatoms. The molecule has 14 heavy (non-hydrogen) atoms. The topological polar surface area (TPSA) is 40.5 Å². The third-order valence-electron chi connectivity index (χ3n) is 2.89. The maximum Gasteiger partial charge on any atom is 0.115 e. The number of aromatic hydroxyl groups is 1. The molecule has 76 valence electrons. The van der Waals surface area contributed by atoms with Gasteiger partial charge < -0.3 is 10.2 Å². The second kappa shape index (κ2) is 3.55. The van der Waals surface area contributed by atoms with Crippen LogP contribution in [-0.2, 0) is 6.42 Å². The highest BCUT2D eigenvalue weighted by molar-refractivity contribution is 9.10. The monoisotopic (exact) mass is 256 g/mol. The average Bonchev–Trinajstić information content (AvgIpc) is 2.92. The number of phenols is 1. The molecule has 1 aromatic rings. The van der Waals surface area contributed by atoms with Gasteiger partial charge in [0.05, 0.1) is 0 Å². The predicted octanol–water partition coefficient (Wildman–Crippen LogP) is 2.47. The number of aliphatic hydroxyl groups is 1. The summed E-state index contributed by atoms with van der Waals surface area (Å²) in [6, 6.07) is 5.27. The Labute approximate surface area is 91.7 Å². The number of halogens is 1. The molecule has 1 fully saturated rings. The second-order valence-corrected chi connectivity index (χ2v) is 4.96. The largest absolute Gasteiger partial charge is 0.508 e. The molecule has 0 heterocycles. The summed E-state index contributed by atoms with van der Waals surface area (Å²) in [6.45, 7) is 0.245. The highest BCUT2D eigenvalue weighted by atomic mass is 79.9. The number of aliphatic hydroxyl groups excluding tert-OH is 1. The maximum atomic E-state index is 9.34. The number of hydrogen-bond acceptors (Lipinski definition) is 2. The number of rotatable bonds is 3. The number of phenolic OH excluding ortho intramolecular Hbond substituents is 1. The summed E-state index contributed by atoms with van der Waals surface area (Å²) in [5.41, 5.74) is 1.17. The molecule has 0 aromatic heterocycles. The smallest absolute Gasteiger partial charge is 0.115 e. The van der Waals surface area contributed by atoms with Gasteiger partial charge in [0.1, 0.15) is 5.75 Å². The summed E-state index contributed by atoms with van der Waals surface area (Å²) in [5, 5.41) is 18.5. The molecule has 0 spiro atoms. The van der Waals surface area contributed by atoms with Crippen LogP contribution in [0.4, 0.5) is 0 Å². The van der Waals surface area contributed by atoms with Crippen LogP contribution in [0, 0.1) is 5.41 Å². The van der Waals surface area contributed by atoms with Crippen LogP contribution in [0.2, 0.25) is 0 Å². The van der Waals surface area contributed by atoms with E-state index in [9.17, 15) is 10.2 Å². The Kier molecular flexibility index (Phi) is 2.54. The lowest BCUT2D eigenvalue weighted by Crippen LogP contribution is -2.10. The normalized spacial score (nSPS) is 18.1. The minimum absolute atomic E-state index is 0.0936. The molecule has 0 unspecified atom stereocenters. The van der Waals surface area contributed by atoms with Gasteiger partial charge in [0.25, 0.3) is 0 Å². The fourth-order valence-corrected chi connectivity index (χ4v) is 2.06. The van der Waals surface area contributed by atoms with E-state index in [0.717, 1.165) is 29.3 Å². The van der Waals surface area contributed by atoms with Crippen molar-refractivity contribution in [1.82, 2.24) is 0 Å². The summed E-state index contributed by atoms with van der Waals surface area (Å²) in [7, 11) is 0. The van der Waals surface area contributed by atoms with Crippen LogP contribution in [0.3, 0.4) is 0 Å². The zero-order valence-electron chi connectivity index (χ0n) is 7.83. The molecule has 0 radical (unpaired) electrons. The van der Waals surface area contributed by atoms with Gasteiger partial charge in [0.15, 0.2) is 0 Å². The molecule has 1 aliphatic rings. The molecule has 2 rings (SSSR count). The standard InChI is InChI=1S/C11H13BrO2/c12-10-2-1-9(14)5-8(10)6-11(7-13)3-4-11/h1-2,5,13-14H,3-4,6-7H2. The lowest BCUT2D eigenvalue weighted by molar-refractivity contribution is 0.211. The molecule has 1 saturated carbocycles. The van der Waals surface area contributed by atoms with Crippen molar-refractivity contribution in [3.63, 3.8) is 0 Å². The molecule has 0 aliphatic heterocycles. The van der Waals surface area contributed by atoms with Crippen molar-refractivity contribution < 1.29 is 10.2 Å². The Morgan fingerprint density at radius 2 is 2.07 bits per heavy atom. The van der Waals surface area contributed by atoms with Gasteiger partial charge in [-0.05, 0) is 48.4 Å². The highest BCUT2D eigenvalue weighted by Gasteiger charge is 2.42. The van der Waals surface area contributed by atoms with E-state index in [1.165, 1.54) is 0 Å². The van der Waals surface area contributed by atoms with Gasteiger partial charge in [0.2, 0.25) is 0 Å². The van der Waals surface area contributed by atoms with Gasteiger partial charge in [0, 0.05) is 11.1 Å². The molecule has 0 atom stereocenters. The van der Waals surface area contributed by atoms with E-state index in [0.29, 0.717) is 0 Å². The fourth-order valence-electron chi connectivity index (χ4n) is 1.67. The van der Waals surface area contributed by atoms with E-state index >= 15 is 0 Å². The van der Waals surface area contributed by atoms with Gasteiger partial charge in [-0.3, -0.25) is 0 Å². The summed E-state index contributed by atoms with van der Waals surface area (Å²) >= 11 is 3.45. The second-order valence-electron chi connectivity index (χ2n) is 4.11. The average molecular weight is 257 g/mol. The van der Waals surface area contributed by atoms with Crippen molar-refractivity contribution in [2.45, 2.75) is 19.3 Å². The van der Waals surface area contributed by atoms with Crippen molar-refractivity contribution >= 4 is 15.9 Å². The molecular weight excluding hydrogens is 244 g/mol. The number of hydrogen-bond donors (Lipinski definition) is 2. The van der Waals surface area contributed by atoms with E-state index in [-0.39, 0.29) is 17.8 Å². The summed E-state index contributed by atoms with van der Waals surface area (Å²) in [4.78, 5) is 0. The zero-order chi connectivity index (χ0) is 10.2. The minimum Gasteiger partial charge on any atom is -0.508 e. The maximum absolute atomic E-state index is 9.34. The Hall–Kier alpha value is -0.540. The van der Waals surface area contributed by atoms with Crippen LogP contribution < -0.4 is 0 Å². The van der Waals surface area contributed by atoms with Gasteiger partial charge in [-0.2, -0.15) is 0 Å². The lowest BCUT2D eigenvalue weighted by Gasteiger charge is -2.12. The first-order chi connectivity index (χ1) is 6.65. The summed E-state index contributed by atoms with van der Waals surface area (Å²) in [5.74, 6) is 0.289. The van der Waals surface area contributed by atoms with Crippen LogP contribution >= 0.6 is 15.9 Å². The molecule has 2 N–H and O–H groups in total. The van der Waals surface area contributed by atoms with Crippen LogP contribution in [0.5, 0.6) is 5.75 Å². The Bertz CT molecular complexity index is 345. The third kappa shape index (κ3) is 1.93. The van der Waals surface area contributed by atoms with Gasteiger partial charge in [-0.1, -0.05) is 15.9 Å². The highest BCUT2D eigenvalue weighted by Crippen LogP contribution is 2.48. The summed E-state index contributed by atoms with van der Waals surface area (Å²) < 4.78 is 1.01. The fraction of sp³-hybridized carbons (Fsp3) is 0.455. The van der Waals surface area contributed by atoms with Crippen molar-refractivity contribution in [2.24, 2.45) is 5.41 Å². The van der Waals surface area contributed by atoms with E-state index in [4.69, 9.17) is 0 Å². The lowest BCUT2D eigenvalue weighted by atomic mass is 9.97. The molecule has 0 amide bonds. The molecule has 2 nitrogen and oxygen atoms in total. The van der Waals surface area contributed by atoms with Crippen molar-refractivity contribution in [1.29, 1.82) is 0 Å². The van der Waals surface area contributed by atoms with Crippen LogP contribution in [0.15, 0.2) is 22.7 Å². The molecule has 1 aromatic carbocycles.